The zero-order chi connectivity index (χ0) is 9.84. The van der Waals surface area contributed by atoms with Crippen molar-refractivity contribution in [2.45, 2.75) is 20.0 Å². The van der Waals surface area contributed by atoms with Crippen LogP contribution in [0.3, 0.4) is 0 Å². The van der Waals surface area contributed by atoms with Crippen LogP contribution in [0.1, 0.15) is 16.8 Å². The van der Waals surface area contributed by atoms with E-state index in [0.717, 1.165) is 0 Å². The first-order valence-electron chi connectivity index (χ1n) is 3.58. The van der Waals surface area contributed by atoms with Crippen LogP contribution >= 0.6 is 15.9 Å². The molecule has 0 saturated carbocycles. The van der Waals surface area contributed by atoms with Gasteiger partial charge in [-0.2, -0.15) is 0 Å². The van der Waals surface area contributed by atoms with Gasteiger partial charge >= 0.3 is 0 Å². The normalized spacial score (nSPS) is 10.5. The Kier molecular flexibility index (Phi) is 3.71. The molecule has 0 aromatic carbocycles. The molecule has 1 nitrogen and oxygen atoms in total. The predicted octanol–water partition coefficient (Wildman–Crippen LogP) is 3.25. The van der Waals surface area contributed by atoms with Gasteiger partial charge in [-0.05, 0) is 22.0 Å². The van der Waals surface area contributed by atoms with Crippen LogP contribution in [0.25, 0.3) is 0 Å². The van der Waals surface area contributed by atoms with Gasteiger partial charge in [-0.1, -0.05) is 0 Å². The molecule has 1 heterocycles. The van der Waals surface area contributed by atoms with Gasteiger partial charge in [-0.3, -0.25) is 0 Å². The van der Waals surface area contributed by atoms with Crippen molar-refractivity contribution in [3.05, 3.63) is 27.5 Å². The maximum Gasteiger partial charge on any atom is 0.132 e. The highest BCUT2D eigenvalue weighted by Crippen LogP contribution is 2.20. The van der Waals surface area contributed by atoms with Crippen LogP contribution in [0.2, 0.25) is 0 Å². The lowest BCUT2D eigenvalue weighted by atomic mass is 10.1. The molecular weight excluding hydrogens is 247 g/mol. The topological polar surface area (TPSA) is 12.9 Å². The van der Waals surface area contributed by atoms with E-state index >= 15 is 0 Å². The van der Waals surface area contributed by atoms with Crippen LogP contribution in [-0.4, -0.2) is 4.98 Å². The number of hydrogen-bond acceptors (Lipinski definition) is 1. The molecule has 0 atom stereocenters. The van der Waals surface area contributed by atoms with Crippen LogP contribution in [0, 0.1) is 0 Å². The molecule has 72 valence electrons. The fraction of sp³-hybridized carbons (Fsp3) is 0.375. The molecule has 0 unspecified atom stereocenters. The zero-order valence-electron chi connectivity index (χ0n) is 6.66. The highest BCUT2D eigenvalue weighted by molar-refractivity contribution is 9.10. The van der Waals surface area contributed by atoms with E-state index in [4.69, 9.17) is 0 Å². The number of pyridine rings is 1. The largest absolute Gasteiger partial charge is 0.246 e. The molecule has 0 fully saturated rings. The van der Waals surface area contributed by atoms with Crippen LogP contribution in [0.5, 0.6) is 0 Å². The minimum absolute atomic E-state index is 0.0200. The van der Waals surface area contributed by atoms with E-state index in [9.17, 15) is 13.2 Å². The molecular formula is C8H7BrF3N. The van der Waals surface area contributed by atoms with Gasteiger partial charge in [0, 0.05) is 11.1 Å². The Bertz CT molecular complexity index is 304. The third-order valence-electron chi connectivity index (χ3n) is 1.63. The molecule has 13 heavy (non-hydrogen) atoms. The number of halogens is 4. The maximum atomic E-state index is 12.3. The third-order valence-corrected chi connectivity index (χ3v) is 2.32. The molecule has 0 spiro atoms. The Morgan fingerprint density at radius 2 is 1.69 bits per heavy atom. The standard InChI is InChI=1S/C8H7BrF3N/c9-8-6(3-11)1-5(2-10)7(4-12)13-8/h1H,2-4H2. The lowest BCUT2D eigenvalue weighted by Gasteiger charge is -2.05. The molecule has 0 N–H and O–H groups in total. The van der Waals surface area contributed by atoms with Crippen molar-refractivity contribution >= 4 is 15.9 Å². The monoisotopic (exact) mass is 253 g/mol. The second-order valence-corrected chi connectivity index (χ2v) is 3.20. The first-order valence-corrected chi connectivity index (χ1v) is 4.37. The molecule has 0 amide bonds. The van der Waals surface area contributed by atoms with Gasteiger partial charge in [-0.15, -0.1) is 0 Å². The minimum atomic E-state index is -0.843. The summed E-state index contributed by atoms with van der Waals surface area (Å²) in [6.07, 6.45) is 0. The van der Waals surface area contributed by atoms with Gasteiger partial charge in [0.2, 0.25) is 0 Å². The van der Waals surface area contributed by atoms with Crippen molar-refractivity contribution < 1.29 is 13.2 Å². The summed E-state index contributed by atoms with van der Waals surface area (Å²) in [5, 5.41) is 0. The van der Waals surface area contributed by atoms with Gasteiger partial charge in [0.15, 0.2) is 0 Å². The number of nitrogens with zero attached hydrogens (tertiary/aromatic N) is 1. The van der Waals surface area contributed by atoms with Crippen molar-refractivity contribution in [1.82, 2.24) is 4.98 Å². The molecule has 0 aliphatic rings. The SMILES string of the molecule is FCc1cc(CF)c(CF)nc1Br. The van der Waals surface area contributed by atoms with Crippen molar-refractivity contribution in [2.75, 3.05) is 0 Å². The summed E-state index contributed by atoms with van der Waals surface area (Å²) in [5.74, 6) is 0. The summed E-state index contributed by atoms with van der Waals surface area (Å²) in [6, 6.07) is 1.28. The summed E-state index contributed by atoms with van der Waals surface area (Å²) >= 11 is 2.97. The molecule has 1 rings (SSSR count). The number of aromatic nitrogens is 1. The predicted molar refractivity (Wildman–Crippen MR) is 46.4 cm³/mol. The molecule has 0 saturated heterocycles. The number of rotatable bonds is 3. The first kappa shape index (κ1) is 10.5. The average Bonchev–Trinajstić information content (AvgIpc) is 2.17. The highest BCUT2D eigenvalue weighted by atomic mass is 79.9. The smallest absolute Gasteiger partial charge is 0.132 e. The quantitative estimate of drug-likeness (QED) is 0.754. The summed E-state index contributed by atoms with van der Waals surface area (Å²) in [7, 11) is 0. The fourth-order valence-corrected chi connectivity index (χ4v) is 1.37. The highest BCUT2D eigenvalue weighted by Gasteiger charge is 2.09. The van der Waals surface area contributed by atoms with Gasteiger partial charge in [0.05, 0.1) is 5.69 Å². The van der Waals surface area contributed by atoms with Crippen molar-refractivity contribution in [2.24, 2.45) is 0 Å². The third kappa shape index (κ3) is 2.21. The Hall–Kier alpha value is -0.580. The lowest BCUT2D eigenvalue weighted by molar-refractivity contribution is 0.441. The van der Waals surface area contributed by atoms with Crippen LogP contribution in [-0.2, 0) is 20.0 Å². The second-order valence-electron chi connectivity index (χ2n) is 2.45. The maximum absolute atomic E-state index is 12.3. The van der Waals surface area contributed by atoms with Gasteiger partial charge in [0.1, 0.15) is 24.6 Å². The van der Waals surface area contributed by atoms with Crippen molar-refractivity contribution in [1.29, 1.82) is 0 Å². The van der Waals surface area contributed by atoms with Crippen LogP contribution < -0.4 is 0 Å². The van der Waals surface area contributed by atoms with E-state index < -0.39 is 20.0 Å². The van der Waals surface area contributed by atoms with E-state index in [1.54, 1.807) is 0 Å². The molecule has 5 heteroatoms. The molecule has 0 bridgehead atoms. The Morgan fingerprint density at radius 1 is 1.08 bits per heavy atom. The molecule has 1 aromatic heterocycles. The summed E-state index contributed by atoms with van der Waals surface area (Å²) in [5.41, 5.74) is 0.370. The summed E-state index contributed by atoms with van der Waals surface area (Å²) in [4.78, 5) is 3.69. The van der Waals surface area contributed by atoms with Crippen molar-refractivity contribution in [3.8, 4) is 0 Å². The molecule has 0 aliphatic heterocycles. The Morgan fingerprint density at radius 3 is 2.15 bits per heavy atom. The van der Waals surface area contributed by atoms with E-state index in [1.165, 1.54) is 6.07 Å². The summed E-state index contributed by atoms with van der Waals surface area (Å²) < 4.78 is 37.0. The number of hydrogen-bond donors (Lipinski definition) is 0. The van der Waals surface area contributed by atoms with Gasteiger partial charge in [0.25, 0.3) is 0 Å². The average molecular weight is 254 g/mol. The van der Waals surface area contributed by atoms with Crippen LogP contribution in [0.15, 0.2) is 10.7 Å². The summed E-state index contributed by atoms with van der Waals surface area (Å²) in [6.45, 7) is -2.41. The Balaban J connectivity index is 3.18. The van der Waals surface area contributed by atoms with E-state index in [1.807, 2.05) is 0 Å². The zero-order valence-corrected chi connectivity index (χ0v) is 8.24. The van der Waals surface area contributed by atoms with Crippen LogP contribution in [0.4, 0.5) is 13.2 Å². The minimum Gasteiger partial charge on any atom is -0.246 e. The Labute approximate surface area is 82.1 Å². The fourth-order valence-electron chi connectivity index (χ4n) is 0.940. The second kappa shape index (κ2) is 4.60. The van der Waals surface area contributed by atoms with E-state index in [2.05, 4.69) is 20.9 Å². The first-order chi connectivity index (χ1) is 6.22. The van der Waals surface area contributed by atoms with Crippen molar-refractivity contribution in [3.63, 3.8) is 0 Å². The van der Waals surface area contributed by atoms with E-state index in [0.29, 0.717) is 0 Å². The van der Waals surface area contributed by atoms with E-state index in [-0.39, 0.29) is 21.4 Å². The molecule has 0 aliphatic carbocycles. The molecule has 1 aromatic rings. The molecule has 0 radical (unpaired) electrons. The number of alkyl halides is 3. The van der Waals surface area contributed by atoms with Gasteiger partial charge in [-0.25, -0.2) is 18.2 Å². The van der Waals surface area contributed by atoms with Gasteiger partial charge < -0.3 is 0 Å². The lowest BCUT2D eigenvalue weighted by Crippen LogP contribution is -1.98.